The number of aryl methyl sites for hydroxylation is 1. The summed E-state index contributed by atoms with van der Waals surface area (Å²) < 4.78 is 1.14. The SMILES string of the molecule is CCc1ccc(CC(CN)Cc2cccc(Br)c2)cc1. The second-order valence-corrected chi connectivity index (χ2v) is 6.23. The molecule has 0 saturated carbocycles. The van der Waals surface area contributed by atoms with Gasteiger partial charge in [-0.25, -0.2) is 0 Å². The van der Waals surface area contributed by atoms with Crippen molar-refractivity contribution in [2.75, 3.05) is 6.54 Å². The maximum atomic E-state index is 5.95. The maximum Gasteiger partial charge on any atom is 0.0177 e. The lowest BCUT2D eigenvalue weighted by Crippen LogP contribution is -2.19. The quantitative estimate of drug-likeness (QED) is 0.835. The summed E-state index contributed by atoms with van der Waals surface area (Å²) in [5.74, 6) is 0.497. The molecule has 0 aromatic heterocycles. The van der Waals surface area contributed by atoms with Crippen molar-refractivity contribution in [3.8, 4) is 0 Å². The van der Waals surface area contributed by atoms with Gasteiger partial charge in [0, 0.05) is 4.47 Å². The Labute approximate surface area is 130 Å². The molecule has 2 heteroatoms. The molecule has 0 aliphatic rings. The summed E-state index contributed by atoms with van der Waals surface area (Å²) in [6.45, 7) is 2.91. The summed E-state index contributed by atoms with van der Waals surface area (Å²) in [6.07, 6.45) is 3.18. The number of benzene rings is 2. The first-order chi connectivity index (χ1) is 9.71. The largest absolute Gasteiger partial charge is 0.330 e. The van der Waals surface area contributed by atoms with Crippen LogP contribution in [0, 0.1) is 5.92 Å². The number of halogens is 1. The molecule has 2 N–H and O–H groups in total. The molecule has 2 aromatic rings. The van der Waals surface area contributed by atoms with Gasteiger partial charge in [-0.2, -0.15) is 0 Å². The van der Waals surface area contributed by atoms with Crippen molar-refractivity contribution >= 4 is 15.9 Å². The van der Waals surface area contributed by atoms with E-state index in [1.807, 2.05) is 0 Å². The van der Waals surface area contributed by atoms with E-state index in [-0.39, 0.29) is 0 Å². The highest BCUT2D eigenvalue weighted by Gasteiger charge is 2.09. The Morgan fingerprint density at radius 3 is 2.20 bits per heavy atom. The number of hydrogen-bond donors (Lipinski definition) is 1. The zero-order valence-electron chi connectivity index (χ0n) is 12.0. The Hall–Kier alpha value is -1.12. The molecular weight excluding hydrogens is 310 g/mol. The summed E-state index contributed by atoms with van der Waals surface area (Å²) >= 11 is 3.53. The molecule has 0 saturated heterocycles. The molecule has 106 valence electrons. The maximum absolute atomic E-state index is 5.95. The molecule has 0 spiro atoms. The van der Waals surface area contributed by atoms with E-state index in [1.165, 1.54) is 16.7 Å². The van der Waals surface area contributed by atoms with E-state index in [4.69, 9.17) is 5.73 Å². The van der Waals surface area contributed by atoms with Crippen molar-refractivity contribution in [2.45, 2.75) is 26.2 Å². The van der Waals surface area contributed by atoms with Gasteiger partial charge < -0.3 is 5.73 Å². The minimum Gasteiger partial charge on any atom is -0.330 e. The van der Waals surface area contributed by atoms with Crippen molar-refractivity contribution in [1.29, 1.82) is 0 Å². The van der Waals surface area contributed by atoms with Gasteiger partial charge in [-0.3, -0.25) is 0 Å². The first-order valence-electron chi connectivity index (χ1n) is 7.23. The van der Waals surface area contributed by atoms with Gasteiger partial charge in [0.25, 0.3) is 0 Å². The molecule has 20 heavy (non-hydrogen) atoms. The van der Waals surface area contributed by atoms with E-state index in [0.717, 1.165) is 30.3 Å². The second kappa shape index (κ2) is 7.61. The Morgan fingerprint density at radius 2 is 1.60 bits per heavy atom. The lowest BCUT2D eigenvalue weighted by Gasteiger charge is -2.15. The number of nitrogens with two attached hydrogens (primary N) is 1. The van der Waals surface area contributed by atoms with Crippen LogP contribution in [0.15, 0.2) is 53.0 Å². The van der Waals surface area contributed by atoms with Crippen LogP contribution in [-0.2, 0) is 19.3 Å². The van der Waals surface area contributed by atoms with Crippen LogP contribution >= 0.6 is 15.9 Å². The van der Waals surface area contributed by atoms with Gasteiger partial charge in [0.1, 0.15) is 0 Å². The van der Waals surface area contributed by atoms with Crippen molar-refractivity contribution in [2.24, 2.45) is 11.7 Å². The van der Waals surface area contributed by atoms with Crippen LogP contribution in [0.4, 0.5) is 0 Å². The van der Waals surface area contributed by atoms with Crippen LogP contribution in [0.2, 0.25) is 0 Å². The highest BCUT2D eigenvalue weighted by atomic mass is 79.9. The molecule has 0 bridgehead atoms. The zero-order valence-corrected chi connectivity index (χ0v) is 13.6. The summed E-state index contributed by atoms with van der Waals surface area (Å²) in [5, 5.41) is 0. The molecule has 0 aliphatic carbocycles. The minimum atomic E-state index is 0.497. The van der Waals surface area contributed by atoms with Crippen molar-refractivity contribution in [3.05, 3.63) is 69.7 Å². The fraction of sp³-hybridized carbons (Fsp3) is 0.333. The van der Waals surface area contributed by atoms with Gasteiger partial charge in [0.15, 0.2) is 0 Å². The van der Waals surface area contributed by atoms with Gasteiger partial charge in [-0.1, -0.05) is 59.3 Å². The first-order valence-corrected chi connectivity index (χ1v) is 8.03. The van der Waals surface area contributed by atoms with Crippen LogP contribution < -0.4 is 5.73 Å². The van der Waals surface area contributed by atoms with Gasteiger partial charge >= 0.3 is 0 Å². The van der Waals surface area contributed by atoms with Gasteiger partial charge in [0.2, 0.25) is 0 Å². The molecule has 0 radical (unpaired) electrons. The highest BCUT2D eigenvalue weighted by Crippen LogP contribution is 2.18. The number of rotatable bonds is 6. The lowest BCUT2D eigenvalue weighted by molar-refractivity contribution is 0.533. The van der Waals surface area contributed by atoms with Gasteiger partial charge in [-0.15, -0.1) is 0 Å². The van der Waals surface area contributed by atoms with Crippen molar-refractivity contribution in [3.63, 3.8) is 0 Å². The number of hydrogen-bond acceptors (Lipinski definition) is 1. The Bertz CT molecular complexity index is 533. The molecule has 2 rings (SSSR count). The van der Waals surface area contributed by atoms with E-state index >= 15 is 0 Å². The molecule has 2 aromatic carbocycles. The lowest BCUT2D eigenvalue weighted by atomic mass is 9.92. The third-order valence-corrected chi connectivity index (χ3v) is 4.20. The molecule has 1 atom stereocenters. The highest BCUT2D eigenvalue weighted by molar-refractivity contribution is 9.10. The Balaban J connectivity index is 2.01. The fourth-order valence-electron chi connectivity index (χ4n) is 2.48. The molecule has 1 unspecified atom stereocenters. The van der Waals surface area contributed by atoms with Crippen molar-refractivity contribution < 1.29 is 0 Å². The Kier molecular flexibility index (Phi) is 5.81. The predicted molar refractivity (Wildman–Crippen MR) is 89.9 cm³/mol. The Morgan fingerprint density at radius 1 is 0.950 bits per heavy atom. The predicted octanol–water partition coefficient (Wildman–Crippen LogP) is 4.37. The molecule has 0 aliphatic heterocycles. The third kappa shape index (κ3) is 4.46. The van der Waals surface area contributed by atoms with Crippen LogP contribution in [0.3, 0.4) is 0 Å². The van der Waals surface area contributed by atoms with Gasteiger partial charge in [0.05, 0.1) is 0 Å². The standard InChI is InChI=1S/C18H22BrN/c1-2-14-6-8-15(9-7-14)10-17(13-20)11-16-4-3-5-18(19)12-16/h3-9,12,17H,2,10-11,13,20H2,1H3. The summed E-state index contributed by atoms with van der Waals surface area (Å²) in [4.78, 5) is 0. The van der Waals surface area contributed by atoms with Crippen LogP contribution in [0.1, 0.15) is 23.6 Å². The van der Waals surface area contributed by atoms with Crippen LogP contribution in [-0.4, -0.2) is 6.54 Å². The fourth-order valence-corrected chi connectivity index (χ4v) is 2.93. The minimum absolute atomic E-state index is 0.497. The van der Waals surface area contributed by atoms with E-state index in [2.05, 4.69) is 71.4 Å². The van der Waals surface area contributed by atoms with Crippen molar-refractivity contribution in [1.82, 2.24) is 0 Å². The molecule has 1 nitrogen and oxygen atoms in total. The van der Waals surface area contributed by atoms with Crippen LogP contribution in [0.25, 0.3) is 0 Å². The second-order valence-electron chi connectivity index (χ2n) is 5.31. The molecular formula is C18H22BrN. The first kappa shape index (κ1) is 15.3. The van der Waals surface area contributed by atoms with E-state index in [0.29, 0.717) is 5.92 Å². The van der Waals surface area contributed by atoms with E-state index < -0.39 is 0 Å². The molecule has 0 fully saturated rings. The summed E-state index contributed by atoms with van der Waals surface area (Å²) in [6, 6.07) is 17.4. The average Bonchev–Trinajstić information content (AvgIpc) is 2.47. The van der Waals surface area contributed by atoms with E-state index in [9.17, 15) is 0 Å². The summed E-state index contributed by atoms with van der Waals surface area (Å²) in [7, 11) is 0. The topological polar surface area (TPSA) is 26.0 Å². The smallest absolute Gasteiger partial charge is 0.0177 e. The van der Waals surface area contributed by atoms with Crippen LogP contribution in [0.5, 0.6) is 0 Å². The molecule has 0 amide bonds. The van der Waals surface area contributed by atoms with Gasteiger partial charge in [-0.05, 0) is 60.5 Å². The zero-order chi connectivity index (χ0) is 14.4. The van der Waals surface area contributed by atoms with E-state index in [1.54, 1.807) is 0 Å². The average molecular weight is 332 g/mol. The third-order valence-electron chi connectivity index (χ3n) is 3.70. The summed E-state index contributed by atoms with van der Waals surface area (Å²) in [5.41, 5.74) is 10.1. The monoisotopic (exact) mass is 331 g/mol. The normalized spacial score (nSPS) is 12.3. The molecule has 0 heterocycles.